The van der Waals surface area contributed by atoms with Crippen LogP contribution in [0.3, 0.4) is 0 Å². The fraction of sp³-hybridized carbons (Fsp3) is 0.500. The largest absolute Gasteiger partial charge is 0.437 e. The molecule has 1 aromatic carbocycles. The Kier molecular flexibility index (Phi) is 6.52. The Hall–Kier alpha value is -1.72. The lowest BCUT2D eigenvalue weighted by molar-refractivity contribution is 0.219. The molecule has 174 valence electrons. The number of halogens is 1. The van der Waals surface area contributed by atoms with Gasteiger partial charge in [0.05, 0.1) is 21.5 Å². The summed E-state index contributed by atoms with van der Waals surface area (Å²) in [6.07, 6.45) is 1.71. The molecule has 0 radical (unpaired) electrons. The van der Waals surface area contributed by atoms with Gasteiger partial charge in [-0.3, -0.25) is 14.0 Å². The highest BCUT2D eigenvalue weighted by molar-refractivity contribution is 9.10. The van der Waals surface area contributed by atoms with E-state index in [1.165, 1.54) is 0 Å². The topological polar surface area (TPSA) is 96.5 Å². The zero-order chi connectivity index (χ0) is 23.1. The second-order valence-corrected chi connectivity index (χ2v) is 12.7. The molecule has 1 atom stereocenters. The zero-order valence-corrected chi connectivity index (χ0v) is 21.2. The number of ether oxygens (including phenoxy) is 1. The van der Waals surface area contributed by atoms with E-state index in [0.717, 1.165) is 27.6 Å². The molecule has 3 aromatic rings. The van der Waals surface area contributed by atoms with Crippen molar-refractivity contribution in [3.8, 4) is 11.6 Å². The Morgan fingerprint density at radius 3 is 2.59 bits per heavy atom. The minimum atomic E-state index is -2.44. The summed E-state index contributed by atoms with van der Waals surface area (Å²) >= 11 is 3.65. The Balaban J connectivity index is 1.59. The lowest BCUT2D eigenvalue weighted by Crippen LogP contribution is -2.39. The molecule has 0 aliphatic carbocycles. The predicted molar refractivity (Wildman–Crippen MR) is 132 cm³/mol. The lowest BCUT2D eigenvalue weighted by Gasteiger charge is -2.43. The van der Waals surface area contributed by atoms with Crippen LogP contribution in [-0.2, 0) is 6.54 Å². The van der Waals surface area contributed by atoms with Crippen molar-refractivity contribution in [2.45, 2.75) is 40.3 Å². The molecule has 1 unspecified atom stereocenters. The van der Waals surface area contributed by atoms with Crippen molar-refractivity contribution in [2.75, 3.05) is 24.6 Å². The predicted octanol–water partition coefficient (Wildman–Crippen LogP) is 5.55. The smallest absolute Gasteiger partial charge is 0.224 e. The quantitative estimate of drug-likeness (QED) is 0.452. The van der Waals surface area contributed by atoms with Gasteiger partial charge in [-0.05, 0) is 46.5 Å². The normalized spacial score (nSPS) is 19.1. The summed E-state index contributed by atoms with van der Waals surface area (Å²) in [5.41, 5.74) is 2.73. The van der Waals surface area contributed by atoms with Gasteiger partial charge in [-0.1, -0.05) is 32.1 Å². The highest BCUT2D eigenvalue weighted by atomic mass is 79.9. The molecule has 0 bridgehead atoms. The molecule has 0 spiro atoms. The van der Waals surface area contributed by atoms with Crippen LogP contribution >= 0.6 is 26.5 Å². The Morgan fingerprint density at radius 1 is 1.19 bits per heavy atom. The number of nitrogens with zero attached hydrogens (tertiary/aromatic N) is 5. The second kappa shape index (κ2) is 8.90. The van der Waals surface area contributed by atoms with Gasteiger partial charge in [0, 0.05) is 37.4 Å². The van der Waals surface area contributed by atoms with Crippen molar-refractivity contribution in [3.05, 3.63) is 40.5 Å². The van der Waals surface area contributed by atoms with E-state index in [-0.39, 0.29) is 11.5 Å². The van der Waals surface area contributed by atoms with E-state index in [1.54, 1.807) is 6.20 Å². The number of aromatic nitrogens is 4. The Morgan fingerprint density at radius 2 is 1.91 bits per heavy atom. The first-order valence-corrected chi connectivity index (χ1v) is 13.3. The zero-order valence-electron chi connectivity index (χ0n) is 18.8. The maximum atomic E-state index is 9.93. The standard InChI is InChI=1S/C22H30BrN5O3S/c1-15(27-10-12-32(29,30)13-11-27)16-6-5-9-24-21(16)31-18-8-7-17-20(19(18)23)25-26-28(17)14-22(2,3)4/h5-9,15,29-30H,10-14H2,1-4H3. The van der Waals surface area contributed by atoms with E-state index in [9.17, 15) is 9.11 Å². The molecule has 8 nitrogen and oxygen atoms in total. The lowest BCUT2D eigenvalue weighted by atomic mass is 9.97. The van der Waals surface area contributed by atoms with Crippen LogP contribution in [0.15, 0.2) is 34.9 Å². The maximum Gasteiger partial charge on any atom is 0.224 e. The molecular formula is C22H30BrN5O3S. The van der Waals surface area contributed by atoms with E-state index in [2.05, 4.69) is 63.8 Å². The fourth-order valence-corrected chi connectivity index (χ4v) is 5.62. The number of rotatable bonds is 5. The molecule has 2 N–H and O–H groups in total. The average molecular weight is 524 g/mol. The highest BCUT2D eigenvalue weighted by Crippen LogP contribution is 2.43. The average Bonchev–Trinajstić information content (AvgIpc) is 3.12. The second-order valence-electron chi connectivity index (χ2n) is 9.48. The highest BCUT2D eigenvalue weighted by Gasteiger charge is 2.28. The summed E-state index contributed by atoms with van der Waals surface area (Å²) in [7, 11) is -2.44. The number of pyridine rings is 1. The van der Waals surface area contributed by atoms with Crippen LogP contribution in [0.5, 0.6) is 11.6 Å². The number of hydrogen-bond acceptors (Lipinski definition) is 7. The first-order chi connectivity index (χ1) is 15.0. The SMILES string of the molecule is CC(c1cccnc1Oc1ccc2c(nnn2CC(C)(C)C)c1Br)N1CCS(O)(O)CC1. The molecule has 32 heavy (non-hydrogen) atoms. The summed E-state index contributed by atoms with van der Waals surface area (Å²) in [6, 6.07) is 7.82. The van der Waals surface area contributed by atoms with Crippen molar-refractivity contribution in [2.24, 2.45) is 5.41 Å². The first kappa shape index (κ1) is 23.4. The van der Waals surface area contributed by atoms with Crippen molar-refractivity contribution >= 4 is 37.6 Å². The van der Waals surface area contributed by atoms with Crippen molar-refractivity contribution in [3.63, 3.8) is 0 Å². The van der Waals surface area contributed by atoms with E-state index >= 15 is 0 Å². The van der Waals surface area contributed by atoms with E-state index in [1.807, 2.05) is 28.9 Å². The van der Waals surface area contributed by atoms with Crippen molar-refractivity contribution in [1.82, 2.24) is 24.9 Å². The van der Waals surface area contributed by atoms with Crippen LogP contribution in [0.4, 0.5) is 0 Å². The molecule has 1 fully saturated rings. The van der Waals surface area contributed by atoms with Gasteiger partial charge in [0.15, 0.2) is 0 Å². The van der Waals surface area contributed by atoms with Gasteiger partial charge in [-0.25, -0.2) is 9.67 Å². The first-order valence-electron chi connectivity index (χ1n) is 10.7. The molecule has 1 aliphatic rings. The van der Waals surface area contributed by atoms with Gasteiger partial charge >= 0.3 is 0 Å². The molecule has 10 heteroatoms. The third-order valence-corrected chi connectivity index (χ3v) is 8.07. The molecular weight excluding hydrogens is 494 g/mol. The van der Waals surface area contributed by atoms with Crippen LogP contribution in [0.1, 0.15) is 39.3 Å². The van der Waals surface area contributed by atoms with E-state index in [0.29, 0.717) is 36.2 Å². The van der Waals surface area contributed by atoms with Crippen LogP contribution < -0.4 is 4.74 Å². The Bertz CT molecular complexity index is 1100. The summed E-state index contributed by atoms with van der Waals surface area (Å²) in [5, 5.41) is 8.69. The van der Waals surface area contributed by atoms with Gasteiger partial charge in [-0.15, -0.1) is 5.10 Å². The molecule has 1 aliphatic heterocycles. The minimum Gasteiger partial charge on any atom is -0.437 e. The molecule has 4 rings (SSSR count). The van der Waals surface area contributed by atoms with Crippen molar-refractivity contribution in [1.29, 1.82) is 0 Å². The number of benzene rings is 1. The fourth-order valence-electron chi connectivity index (χ4n) is 3.87. The van der Waals surface area contributed by atoms with Gasteiger partial charge in [0.2, 0.25) is 5.88 Å². The van der Waals surface area contributed by atoms with Crippen LogP contribution in [-0.4, -0.2) is 58.6 Å². The van der Waals surface area contributed by atoms with Crippen molar-refractivity contribution < 1.29 is 13.8 Å². The molecule has 1 saturated heterocycles. The van der Waals surface area contributed by atoms with Crippen LogP contribution in [0.2, 0.25) is 0 Å². The Labute approximate surface area is 198 Å². The third kappa shape index (κ3) is 5.09. The van der Waals surface area contributed by atoms with E-state index in [4.69, 9.17) is 4.74 Å². The third-order valence-electron chi connectivity index (χ3n) is 5.63. The molecule has 3 heterocycles. The molecule has 0 amide bonds. The number of fused-ring (bicyclic) bond motifs is 1. The van der Waals surface area contributed by atoms with Gasteiger partial charge in [0.1, 0.15) is 11.3 Å². The van der Waals surface area contributed by atoms with E-state index < -0.39 is 10.6 Å². The summed E-state index contributed by atoms with van der Waals surface area (Å²) < 4.78 is 28.8. The van der Waals surface area contributed by atoms with Gasteiger partial charge in [-0.2, -0.15) is 10.6 Å². The molecule has 2 aromatic heterocycles. The summed E-state index contributed by atoms with van der Waals surface area (Å²) in [4.78, 5) is 6.72. The van der Waals surface area contributed by atoms with Crippen LogP contribution in [0, 0.1) is 5.41 Å². The number of hydrogen-bond donors (Lipinski definition) is 2. The van der Waals surface area contributed by atoms with Gasteiger partial charge < -0.3 is 4.74 Å². The van der Waals surface area contributed by atoms with Gasteiger partial charge in [0.25, 0.3) is 0 Å². The maximum absolute atomic E-state index is 9.93. The monoisotopic (exact) mass is 523 g/mol. The summed E-state index contributed by atoms with van der Waals surface area (Å²) in [5.74, 6) is 1.96. The summed E-state index contributed by atoms with van der Waals surface area (Å²) in [6.45, 7) is 10.6. The van der Waals surface area contributed by atoms with Crippen LogP contribution in [0.25, 0.3) is 11.0 Å². The molecule has 0 saturated carbocycles. The minimum absolute atomic E-state index is 0.0318.